The molecule has 1 aromatic heterocycles. The van der Waals surface area contributed by atoms with Gasteiger partial charge in [-0.3, -0.25) is 4.79 Å². The van der Waals surface area contributed by atoms with E-state index < -0.39 is 0 Å². The molecule has 0 spiro atoms. The molecular weight excluding hydrogens is 326 g/mol. The van der Waals surface area contributed by atoms with Gasteiger partial charge in [-0.2, -0.15) is 0 Å². The lowest BCUT2D eigenvalue weighted by Gasteiger charge is -2.16. The lowest BCUT2D eigenvalue weighted by Crippen LogP contribution is -2.08. The molecule has 122 valence electrons. The van der Waals surface area contributed by atoms with Crippen LogP contribution < -0.4 is 5.32 Å². The highest BCUT2D eigenvalue weighted by atomic mass is 32.2. The van der Waals surface area contributed by atoms with Crippen molar-refractivity contribution in [2.45, 2.75) is 49.9 Å². The van der Waals surface area contributed by atoms with E-state index in [-0.39, 0.29) is 5.78 Å². The van der Waals surface area contributed by atoms with Crippen molar-refractivity contribution in [1.29, 1.82) is 0 Å². The highest BCUT2D eigenvalue weighted by Gasteiger charge is 2.14. The molecule has 2 aromatic rings. The summed E-state index contributed by atoms with van der Waals surface area (Å²) >= 11 is 2.96. The number of hydrogen-bond acceptors (Lipinski definition) is 6. The van der Waals surface area contributed by atoms with E-state index in [2.05, 4.69) is 41.5 Å². The Morgan fingerprint density at radius 1 is 1.26 bits per heavy atom. The molecule has 0 aliphatic heterocycles. The minimum absolute atomic E-state index is 0.164. The van der Waals surface area contributed by atoms with Crippen LogP contribution in [-0.2, 0) is 12.8 Å². The molecule has 1 N–H and O–H groups in total. The Kier molecular flexibility index (Phi) is 5.33. The lowest BCUT2D eigenvalue weighted by atomic mass is 9.90. The molecule has 6 heteroatoms. The maximum Gasteiger partial charge on any atom is 0.206 e. The lowest BCUT2D eigenvalue weighted by molar-refractivity contribution is 0.102. The largest absolute Gasteiger partial charge is 0.358 e. The average Bonchev–Trinajstić information content (AvgIpc) is 2.98. The Morgan fingerprint density at radius 3 is 2.83 bits per heavy atom. The van der Waals surface area contributed by atoms with Crippen molar-refractivity contribution < 1.29 is 4.79 Å². The second kappa shape index (κ2) is 7.45. The van der Waals surface area contributed by atoms with Crippen LogP contribution in [0.25, 0.3) is 0 Å². The van der Waals surface area contributed by atoms with Crippen LogP contribution in [0.1, 0.15) is 48.2 Å². The fraction of sp³-hybridized carbons (Fsp3) is 0.471. The van der Waals surface area contributed by atoms with Gasteiger partial charge in [0.05, 0.1) is 5.75 Å². The summed E-state index contributed by atoms with van der Waals surface area (Å²) in [7, 11) is 0. The zero-order valence-corrected chi connectivity index (χ0v) is 15.1. The van der Waals surface area contributed by atoms with E-state index in [0.717, 1.165) is 27.9 Å². The SMILES string of the molecule is CC(C)Nc1nnc(SCC(=O)c2ccc3c(c2)CCCC3)s1. The summed E-state index contributed by atoms with van der Waals surface area (Å²) < 4.78 is 0.833. The van der Waals surface area contributed by atoms with Gasteiger partial charge in [-0.1, -0.05) is 35.2 Å². The number of nitrogens with zero attached hydrogens (tertiary/aromatic N) is 2. The highest BCUT2D eigenvalue weighted by Crippen LogP contribution is 2.27. The molecule has 0 bridgehead atoms. The molecule has 1 aliphatic rings. The normalized spacial score (nSPS) is 13.9. The van der Waals surface area contributed by atoms with Gasteiger partial charge in [0.15, 0.2) is 10.1 Å². The molecule has 0 amide bonds. The van der Waals surface area contributed by atoms with Crippen molar-refractivity contribution in [3.8, 4) is 0 Å². The smallest absolute Gasteiger partial charge is 0.206 e. The quantitative estimate of drug-likeness (QED) is 0.626. The van der Waals surface area contributed by atoms with Crippen molar-refractivity contribution in [2.75, 3.05) is 11.1 Å². The molecule has 0 radical (unpaired) electrons. The van der Waals surface area contributed by atoms with Crippen molar-refractivity contribution in [2.24, 2.45) is 0 Å². The van der Waals surface area contributed by atoms with Gasteiger partial charge in [0.2, 0.25) is 5.13 Å². The first-order valence-electron chi connectivity index (χ1n) is 7.99. The zero-order chi connectivity index (χ0) is 16.2. The van der Waals surface area contributed by atoms with Gasteiger partial charge in [-0.05, 0) is 56.7 Å². The molecule has 0 fully saturated rings. The molecule has 0 saturated carbocycles. The van der Waals surface area contributed by atoms with Gasteiger partial charge in [-0.15, -0.1) is 10.2 Å². The first kappa shape index (κ1) is 16.5. The van der Waals surface area contributed by atoms with E-state index in [0.29, 0.717) is 11.8 Å². The molecule has 0 atom stereocenters. The molecule has 0 saturated heterocycles. The van der Waals surface area contributed by atoms with Gasteiger partial charge in [0.25, 0.3) is 0 Å². The predicted octanol–water partition coefficient (Wildman–Crippen LogP) is 4.21. The fourth-order valence-corrected chi connectivity index (χ4v) is 4.48. The number of aromatic nitrogens is 2. The van der Waals surface area contributed by atoms with Gasteiger partial charge >= 0.3 is 0 Å². The number of anilines is 1. The van der Waals surface area contributed by atoms with Crippen LogP contribution >= 0.6 is 23.1 Å². The van der Waals surface area contributed by atoms with Crippen LogP contribution in [0.15, 0.2) is 22.5 Å². The van der Waals surface area contributed by atoms with E-state index in [9.17, 15) is 4.79 Å². The molecular formula is C17H21N3OS2. The summed E-state index contributed by atoms with van der Waals surface area (Å²) in [6.45, 7) is 4.13. The third-order valence-electron chi connectivity index (χ3n) is 3.82. The second-order valence-corrected chi connectivity index (χ2v) is 8.27. The van der Waals surface area contributed by atoms with Gasteiger partial charge < -0.3 is 5.32 Å². The van der Waals surface area contributed by atoms with Gasteiger partial charge in [0, 0.05) is 11.6 Å². The third kappa shape index (κ3) is 4.32. The Morgan fingerprint density at radius 2 is 2.04 bits per heavy atom. The molecule has 1 heterocycles. The third-order valence-corrected chi connectivity index (χ3v) is 5.80. The number of hydrogen-bond donors (Lipinski definition) is 1. The molecule has 1 aromatic carbocycles. The van der Waals surface area contributed by atoms with E-state index in [1.165, 1.54) is 47.1 Å². The number of aryl methyl sites for hydroxylation is 2. The Bertz CT molecular complexity index is 697. The minimum atomic E-state index is 0.164. The van der Waals surface area contributed by atoms with Crippen LogP contribution in [0.2, 0.25) is 0 Å². The molecule has 1 aliphatic carbocycles. The Labute approximate surface area is 145 Å². The number of rotatable bonds is 6. The van der Waals surface area contributed by atoms with Gasteiger partial charge in [0.1, 0.15) is 0 Å². The van der Waals surface area contributed by atoms with Crippen LogP contribution in [0.5, 0.6) is 0 Å². The second-order valence-electron chi connectivity index (χ2n) is 6.07. The minimum Gasteiger partial charge on any atom is -0.358 e. The van der Waals surface area contributed by atoms with Crippen LogP contribution in [0.3, 0.4) is 0 Å². The molecule has 23 heavy (non-hydrogen) atoms. The van der Waals surface area contributed by atoms with Crippen LogP contribution in [0.4, 0.5) is 5.13 Å². The summed E-state index contributed by atoms with van der Waals surface area (Å²) in [4.78, 5) is 12.4. The standard InChI is InChI=1S/C17H21N3OS2/c1-11(2)18-16-19-20-17(23-16)22-10-15(21)14-8-7-12-5-3-4-6-13(12)9-14/h7-9,11H,3-6,10H2,1-2H3,(H,18,19). The van der Waals surface area contributed by atoms with Crippen molar-refractivity contribution in [1.82, 2.24) is 10.2 Å². The number of nitrogens with one attached hydrogen (secondary N) is 1. The first-order chi connectivity index (χ1) is 11.1. The molecule has 0 unspecified atom stereocenters. The Balaban J connectivity index is 1.60. The van der Waals surface area contributed by atoms with E-state index >= 15 is 0 Å². The number of fused-ring (bicyclic) bond motifs is 1. The summed E-state index contributed by atoms with van der Waals surface area (Å²) in [5.74, 6) is 0.576. The first-order valence-corrected chi connectivity index (χ1v) is 9.80. The molecule has 3 rings (SSSR count). The number of Topliss-reactive ketones (excluding diaryl/α,β-unsaturated/α-hetero) is 1. The van der Waals surface area contributed by atoms with Gasteiger partial charge in [-0.25, -0.2) is 0 Å². The van der Waals surface area contributed by atoms with E-state index in [4.69, 9.17) is 0 Å². The van der Waals surface area contributed by atoms with E-state index in [1.807, 2.05) is 6.07 Å². The maximum atomic E-state index is 12.4. The molecule has 4 nitrogen and oxygen atoms in total. The average molecular weight is 348 g/mol. The Hall–Kier alpha value is -1.40. The highest BCUT2D eigenvalue weighted by molar-refractivity contribution is 8.01. The monoisotopic (exact) mass is 347 g/mol. The number of carbonyl (C=O) groups is 1. The summed E-state index contributed by atoms with van der Waals surface area (Å²) in [6.07, 6.45) is 4.74. The number of thioether (sulfide) groups is 1. The zero-order valence-electron chi connectivity index (χ0n) is 13.5. The topological polar surface area (TPSA) is 54.9 Å². The summed E-state index contributed by atoms with van der Waals surface area (Å²) in [5, 5.41) is 12.2. The summed E-state index contributed by atoms with van der Waals surface area (Å²) in [6, 6.07) is 6.52. The van der Waals surface area contributed by atoms with E-state index in [1.54, 1.807) is 0 Å². The van der Waals surface area contributed by atoms with Crippen LogP contribution in [0, 0.1) is 0 Å². The number of carbonyl (C=O) groups excluding carboxylic acids is 1. The maximum absolute atomic E-state index is 12.4. The predicted molar refractivity (Wildman–Crippen MR) is 96.8 cm³/mol. The van der Waals surface area contributed by atoms with Crippen LogP contribution in [-0.4, -0.2) is 27.8 Å². The van der Waals surface area contributed by atoms with Crippen molar-refractivity contribution in [3.05, 3.63) is 34.9 Å². The fourth-order valence-electron chi connectivity index (χ4n) is 2.69. The number of benzene rings is 1. The van der Waals surface area contributed by atoms with Crippen molar-refractivity contribution >= 4 is 34.0 Å². The van der Waals surface area contributed by atoms with Crippen molar-refractivity contribution in [3.63, 3.8) is 0 Å². The number of ketones is 1. The summed E-state index contributed by atoms with van der Waals surface area (Å²) in [5.41, 5.74) is 3.59.